The van der Waals surface area contributed by atoms with E-state index >= 15 is 0 Å². The minimum Gasteiger partial charge on any atom is -0.383 e. The number of benzene rings is 1. The molecule has 1 aromatic rings. The standard InChI is InChI=1S/C13H19F2NO/c1-4-7-16-11(8-17-3)12-10(14)6-5-9(2)13(12)15/h5-6,11,16H,4,7-8H2,1-3H3. The lowest BCUT2D eigenvalue weighted by Gasteiger charge is -2.20. The largest absolute Gasteiger partial charge is 0.383 e. The highest BCUT2D eigenvalue weighted by Crippen LogP contribution is 2.23. The molecule has 1 N–H and O–H groups in total. The molecule has 1 aromatic carbocycles. The molecule has 2 nitrogen and oxygen atoms in total. The van der Waals surface area contributed by atoms with Crippen molar-refractivity contribution in [1.82, 2.24) is 5.32 Å². The summed E-state index contributed by atoms with van der Waals surface area (Å²) in [5.74, 6) is -1.02. The van der Waals surface area contributed by atoms with Crippen molar-refractivity contribution in [3.8, 4) is 0 Å². The predicted molar refractivity (Wildman–Crippen MR) is 64.0 cm³/mol. The molecule has 1 rings (SSSR count). The van der Waals surface area contributed by atoms with Gasteiger partial charge in [-0.15, -0.1) is 0 Å². The first-order valence-electron chi connectivity index (χ1n) is 5.78. The van der Waals surface area contributed by atoms with E-state index in [4.69, 9.17) is 4.74 Å². The summed E-state index contributed by atoms with van der Waals surface area (Å²) < 4.78 is 32.6. The van der Waals surface area contributed by atoms with Crippen LogP contribution in [0.2, 0.25) is 0 Å². The summed E-state index contributed by atoms with van der Waals surface area (Å²) in [6.45, 7) is 4.57. The third kappa shape index (κ3) is 3.48. The van der Waals surface area contributed by atoms with Crippen LogP contribution in [0.15, 0.2) is 12.1 Å². The first-order valence-corrected chi connectivity index (χ1v) is 5.78. The van der Waals surface area contributed by atoms with E-state index in [1.165, 1.54) is 19.2 Å². The van der Waals surface area contributed by atoms with Crippen molar-refractivity contribution in [1.29, 1.82) is 0 Å². The lowest BCUT2D eigenvalue weighted by atomic mass is 10.0. The van der Waals surface area contributed by atoms with Crippen LogP contribution in [0, 0.1) is 18.6 Å². The molecule has 0 aliphatic heterocycles. The number of ether oxygens (including phenoxy) is 1. The molecule has 1 unspecified atom stereocenters. The average Bonchev–Trinajstić information content (AvgIpc) is 2.31. The second-order valence-electron chi connectivity index (χ2n) is 4.05. The molecule has 0 amide bonds. The Balaban J connectivity index is 3.03. The van der Waals surface area contributed by atoms with Gasteiger partial charge in [0.15, 0.2) is 0 Å². The van der Waals surface area contributed by atoms with Gasteiger partial charge in [0.2, 0.25) is 0 Å². The van der Waals surface area contributed by atoms with E-state index in [1.54, 1.807) is 6.92 Å². The Morgan fingerprint density at radius 1 is 1.35 bits per heavy atom. The van der Waals surface area contributed by atoms with Gasteiger partial charge in [0.25, 0.3) is 0 Å². The summed E-state index contributed by atoms with van der Waals surface area (Å²) >= 11 is 0. The van der Waals surface area contributed by atoms with E-state index < -0.39 is 17.7 Å². The summed E-state index contributed by atoms with van der Waals surface area (Å²) in [5.41, 5.74) is 0.515. The van der Waals surface area contributed by atoms with Gasteiger partial charge < -0.3 is 10.1 Å². The molecular formula is C13H19F2NO. The molecule has 0 radical (unpaired) electrons. The van der Waals surface area contributed by atoms with Gasteiger partial charge in [0.05, 0.1) is 12.6 Å². The predicted octanol–water partition coefficient (Wildman–Crippen LogP) is 2.96. The molecule has 0 fully saturated rings. The van der Waals surface area contributed by atoms with Crippen LogP contribution in [0.1, 0.15) is 30.5 Å². The number of halogens is 2. The number of methoxy groups -OCH3 is 1. The monoisotopic (exact) mass is 243 g/mol. The highest BCUT2D eigenvalue weighted by Gasteiger charge is 2.20. The van der Waals surface area contributed by atoms with E-state index in [2.05, 4.69) is 5.32 Å². The highest BCUT2D eigenvalue weighted by atomic mass is 19.1. The second-order valence-corrected chi connectivity index (χ2v) is 4.05. The van der Waals surface area contributed by atoms with Crippen molar-refractivity contribution in [3.63, 3.8) is 0 Å². The van der Waals surface area contributed by atoms with Gasteiger partial charge in [-0.05, 0) is 31.5 Å². The van der Waals surface area contributed by atoms with Gasteiger partial charge in [-0.2, -0.15) is 0 Å². The van der Waals surface area contributed by atoms with Crippen LogP contribution in [0.4, 0.5) is 8.78 Å². The van der Waals surface area contributed by atoms with Crippen LogP contribution >= 0.6 is 0 Å². The third-order valence-electron chi connectivity index (χ3n) is 2.64. The summed E-state index contributed by atoms with van der Waals surface area (Å²) in [7, 11) is 1.52. The smallest absolute Gasteiger partial charge is 0.133 e. The van der Waals surface area contributed by atoms with E-state index in [-0.39, 0.29) is 12.2 Å². The number of nitrogens with one attached hydrogen (secondary N) is 1. The van der Waals surface area contributed by atoms with Crippen LogP contribution in [0.25, 0.3) is 0 Å². The van der Waals surface area contributed by atoms with Crippen LogP contribution in [-0.4, -0.2) is 20.3 Å². The van der Waals surface area contributed by atoms with Crippen molar-refractivity contribution in [2.45, 2.75) is 26.3 Å². The summed E-state index contributed by atoms with van der Waals surface area (Å²) in [6.07, 6.45) is 0.898. The zero-order chi connectivity index (χ0) is 12.8. The molecular weight excluding hydrogens is 224 g/mol. The van der Waals surface area contributed by atoms with E-state index in [9.17, 15) is 8.78 Å². The summed E-state index contributed by atoms with van der Waals surface area (Å²) in [5, 5.41) is 3.09. The maximum Gasteiger partial charge on any atom is 0.133 e. The Morgan fingerprint density at radius 2 is 2.06 bits per heavy atom. The molecule has 0 bridgehead atoms. The van der Waals surface area contributed by atoms with Gasteiger partial charge in [0, 0.05) is 12.7 Å². The minimum absolute atomic E-state index is 0.0697. The number of hydrogen-bond acceptors (Lipinski definition) is 2. The number of hydrogen-bond donors (Lipinski definition) is 1. The minimum atomic E-state index is -0.529. The molecule has 0 aliphatic carbocycles. The average molecular weight is 243 g/mol. The zero-order valence-corrected chi connectivity index (χ0v) is 10.5. The van der Waals surface area contributed by atoms with Crippen molar-refractivity contribution in [2.75, 3.05) is 20.3 Å². The number of aryl methyl sites for hydroxylation is 1. The van der Waals surface area contributed by atoms with Crippen molar-refractivity contribution >= 4 is 0 Å². The molecule has 96 valence electrons. The second kappa shape index (κ2) is 6.67. The fourth-order valence-electron chi connectivity index (χ4n) is 1.73. The Hall–Kier alpha value is -1.00. The lowest BCUT2D eigenvalue weighted by Crippen LogP contribution is -2.28. The maximum atomic E-state index is 13.9. The molecule has 0 saturated carbocycles. The topological polar surface area (TPSA) is 21.3 Å². The van der Waals surface area contributed by atoms with Gasteiger partial charge >= 0.3 is 0 Å². The molecule has 0 spiro atoms. The molecule has 17 heavy (non-hydrogen) atoms. The fraction of sp³-hybridized carbons (Fsp3) is 0.538. The van der Waals surface area contributed by atoms with E-state index in [0.29, 0.717) is 12.1 Å². The molecule has 0 aromatic heterocycles. The quantitative estimate of drug-likeness (QED) is 0.829. The van der Waals surface area contributed by atoms with E-state index in [0.717, 1.165) is 6.42 Å². The Labute approximate surface area is 101 Å². The normalized spacial score (nSPS) is 12.8. The van der Waals surface area contributed by atoms with Crippen molar-refractivity contribution in [2.24, 2.45) is 0 Å². The zero-order valence-electron chi connectivity index (χ0n) is 10.5. The molecule has 0 saturated heterocycles. The Morgan fingerprint density at radius 3 is 2.65 bits per heavy atom. The van der Waals surface area contributed by atoms with Crippen LogP contribution in [0.3, 0.4) is 0 Å². The van der Waals surface area contributed by atoms with Gasteiger partial charge in [0.1, 0.15) is 11.6 Å². The van der Waals surface area contributed by atoms with Gasteiger partial charge in [-0.25, -0.2) is 8.78 Å². The number of rotatable bonds is 6. The van der Waals surface area contributed by atoms with Crippen LogP contribution in [-0.2, 0) is 4.74 Å². The first kappa shape index (κ1) is 14.1. The lowest BCUT2D eigenvalue weighted by molar-refractivity contribution is 0.163. The maximum absolute atomic E-state index is 13.9. The Kier molecular flexibility index (Phi) is 5.51. The Bertz CT molecular complexity index is 369. The first-order chi connectivity index (χ1) is 8.11. The fourth-order valence-corrected chi connectivity index (χ4v) is 1.73. The van der Waals surface area contributed by atoms with Crippen LogP contribution < -0.4 is 5.32 Å². The third-order valence-corrected chi connectivity index (χ3v) is 2.64. The van der Waals surface area contributed by atoms with E-state index in [1.807, 2.05) is 6.92 Å². The SMILES string of the molecule is CCCNC(COC)c1c(F)ccc(C)c1F. The van der Waals surface area contributed by atoms with Crippen molar-refractivity contribution < 1.29 is 13.5 Å². The summed E-state index contributed by atoms with van der Waals surface area (Å²) in [4.78, 5) is 0. The molecule has 1 atom stereocenters. The molecule has 0 heterocycles. The molecule has 0 aliphatic rings. The van der Waals surface area contributed by atoms with Gasteiger partial charge in [-0.1, -0.05) is 13.0 Å². The highest BCUT2D eigenvalue weighted by molar-refractivity contribution is 5.29. The van der Waals surface area contributed by atoms with Gasteiger partial charge in [-0.3, -0.25) is 0 Å². The molecule has 4 heteroatoms. The van der Waals surface area contributed by atoms with Crippen molar-refractivity contribution in [3.05, 3.63) is 34.9 Å². The van der Waals surface area contributed by atoms with Crippen LogP contribution in [0.5, 0.6) is 0 Å². The summed E-state index contributed by atoms with van der Waals surface area (Å²) in [6, 6.07) is 2.29.